The third-order valence-corrected chi connectivity index (χ3v) is 5.08. The van der Waals surface area contributed by atoms with Crippen molar-refractivity contribution in [1.82, 2.24) is 9.03 Å². The lowest BCUT2D eigenvalue weighted by Crippen LogP contribution is -2.44. The molecule has 0 amide bonds. The average molecular weight is 292 g/mol. The van der Waals surface area contributed by atoms with E-state index >= 15 is 0 Å². The van der Waals surface area contributed by atoms with Crippen LogP contribution < -0.4 is 4.72 Å². The summed E-state index contributed by atoms with van der Waals surface area (Å²) in [6.07, 6.45) is 1.69. The third-order valence-electron chi connectivity index (χ3n) is 3.50. The van der Waals surface area contributed by atoms with Crippen LogP contribution >= 0.6 is 0 Å². The van der Waals surface area contributed by atoms with Gasteiger partial charge in [0.05, 0.1) is 0 Å². The Morgan fingerprint density at radius 2 is 1.37 bits per heavy atom. The van der Waals surface area contributed by atoms with Crippen LogP contribution in [-0.2, 0) is 10.2 Å². The van der Waals surface area contributed by atoms with E-state index in [2.05, 4.69) is 32.4 Å². The van der Waals surface area contributed by atoms with Crippen molar-refractivity contribution in [3.63, 3.8) is 0 Å². The average Bonchev–Trinajstić information content (AvgIpc) is 2.27. The number of hydrogen-bond acceptors (Lipinski definition) is 2. The van der Waals surface area contributed by atoms with E-state index in [4.69, 9.17) is 0 Å². The van der Waals surface area contributed by atoms with Crippen LogP contribution in [0.5, 0.6) is 0 Å². The highest BCUT2D eigenvalue weighted by molar-refractivity contribution is 7.87. The van der Waals surface area contributed by atoms with Crippen LogP contribution in [-0.4, -0.2) is 32.4 Å². The van der Waals surface area contributed by atoms with Gasteiger partial charge >= 0.3 is 0 Å². The van der Waals surface area contributed by atoms with Gasteiger partial charge in [0, 0.05) is 19.6 Å². The van der Waals surface area contributed by atoms with Crippen LogP contribution in [0.3, 0.4) is 0 Å². The van der Waals surface area contributed by atoms with Gasteiger partial charge in [0.1, 0.15) is 0 Å². The minimum absolute atomic E-state index is 0.375. The Morgan fingerprint density at radius 3 is 1.68 bits per heavy atom. The molecule has 0 fully saturated rings. The fraction of sp³-hybridized carbons (Fsp3) is 1.00. The van der Waals surface area contributed by atoms with Crippen molar-refractivity contribution in [2.45, 2.75) is 54.4 Å². The van der Waals surface area contributed by atoms with E-state index in [0.717, 1.165) is 12.8 Å². The van der Waals surface area contributed by atoms with Gasteiger partial charge in [-0.1, -0.05) is 41.5 Å². The molecule has 5 heteroatoms. The standard InChI is InChI=1S/C14H32N2O2S/c1-7-9-16(10-8-2)19(17,18)15-11-14(12(3)4)13(5)6/h12-15H,7-11H2,1-6H3. The molecule has 4 nitrogen and oxygen atoms in total. The molecule has 0 aromatic heterocycles. The fourth-order valence-electron chi connectivity index (χ4n) is 2.38. The molecular formula is C14H32N2O2S. The first-order chi connectivity index (χ1) is 8.76. The summed E-state index contributed by atoms with van der Waals surface area (Å²) in [4.78, 5) is 0. The summed E-state index contributed by atoms with van der Waals surface area (Å²) in [6.45, 7) is 14.3. The Labute approximate surface area is 120 Å². The van der Waals surface area contributed by atoms with Gasteiger partial charge in [-0.2, -0.15) is 12.7 Å². The zero-order valence-electron chi connectivity index (χ0n) is 13.4. The second kappa shape index (κ2) is 8.93. The van der Waals surface area contributed by atoms with Crippen LogP contribution in [0.25, 0.3) is 0 Å². The quantitative estimate of drug-likeness (QED) is 0.673. The molecule has 116 valence electrons. The highest BCUT2D eigenvalue weighted by Crippen LogP contribution is 2.19. The molecule has 0 aliphatic rings. The van der Waals surface area contributed by atoms with Crippen LogP contribution in [0.1, 0.15) is 54.4 Å². The number of nitrogens with one attached hydrogen (secondary N) is 1. The zero-order chi connectivity index (χ0) is 15.1. The number of rotatable bonds is 10. The van der Waals surface area contributed by atoms with Crippen molar-refractivity contribution < 1.29 is 8.42 Å². The summed E-state index contributed by atoms with van der Waals surface area (Å²) in [7, 11) is -3.33. The van der Waals surface area contributed by atoms with E-state index in [-0.39, 0.29) is 0 Å². The van der Waals surface area contributed by atoms with Gasteiger partial charge in [-0.3, -0.25) is 0 Å². The summed E-state index contributed by atoms with van der Waals surface area (Å²) in [5, 5.41) is 0. The van der Waals surface area contributed by atoms with Crippen LogP contribution in [0.15, 0.2) is 0 Å². The normalized spacial score (nSPS) is 13.2. The number of nitrogens with zero attached hydrogens (tertiary/aromatic N) is 1. The van der Waals surface area contributed by atoms with Gasteiger partial charge in [0.15, 0.2) is 0 Å². The summed E-state index contributed by atoms with van der Waals surface area (Å²) >= 11 is 0. The lowest BCUT2D eigenvalue weighted by molar-refractivity contribution is 0.285. The highest BCUT2D eigenvalue weighted by Gasteiger charge is 2.24. The van der Waals surface area contributed by atoms with Crippen LogP contribution in [0.2, 0.25) is 0 Å². The van der Waals surface area contributed by atoms with Gasteiger partial charge in [-0.05, 0) is 30.6 Å². The topological polar surface area (TPSA) is 49.4 Å². The molecule has 0 heterocycles. The first kappa shape index (κ1) is 18.9. The smallest absolute Gasteiger partial charge is 0.202 e. The van der Waals surface area contributed by atoms with Crippen LogP contribution in [0.4, 0.5) is 0 Å². The fourth-order valence-corrected chi connectivity index (χ4v) is 3.82. The molecule has 0 spiro atoms. The van der Waals surface area contributed by atoms with Crippen molar-refractivity contribution >= 4 is 10.2 Å². The first-order valence-corrected chi connectivity index (χ1v) is 8.94. The third kappa shape index (κ3) is 6.72. The predicted octanol–water partition coefficient (Wildman–Crippen LogP) is 2.87. The van der Waals surface area contributed by atoms with Gasteiger partial charge in [0.25, 0.3) is 10.2 Å². The van der Waals surface area contributed by atoms with E-state index in [1.807, 2.05) is 13.8 Å². The summed E-state index contributed by atoms with van der Waals surface area (Å²) in [5.74, 6) is 1.34. The summed E-state index contributed by atoms with van der Waals surface area (Å²) < 4.78 is 28.9. The van der Waals surface area contributed by atoms with E-state index < -0.39 is 10.2 Å². The highest BCUT2D eigenvalue weighted by atomic mass is 32.2. The monoisotopic (exact) mass is 292 g/mol. The molecule has 0 saturated carbocycles. The second-order valence-corrected chi connectivity index (χ2v) is 7.66. The van der Waals surface area contributed by atoms with Gasteiger partial charge in [0.2, 0.25) is 0 Å². The second-order valence-electron chi connectivity index (χ2n) is 5.90. The molecule has 0 bridgehead atoms. The molecule has 0 aliphatic carbocycles. The molecule has 0 aromatic rings. The number of hydrogen-bond donors (Lipinski definition) is 1. The van der Waals surface area contributed by atoms with E-state index in [9.17, 15) is 8.42 Å². The molecule has 0 aliphatic heterocycles. The Bertz CT molecular complexity index is 312. The molecule has 0 unspecified atom stereocenters. The molecule has 1 N–H and O–H groups in total. The summed E-state index contributed by atoms with van der Waals surface area (Å²) in [6, 6.07) is 0. The Balaban J connectivity index is 4.65. The van der Waals surface area contributed by atoms with Gasteiger partial charge in [-0.15, -0.1) is 0 Å². The minimum atomic E-state index is -3.33. The largest absolute Gasteiger partial charge is 0.279 e. The maximum absolute atomic E-state index is 12.3. The SMILES string of the molecule is CCCN(CCC)S(=O)(=O)NCC(C(C)C)C(C)C. The Morgan fingerprint density at radius 1 is 0.947 bits per heavy atom. The lowest BCUT2D eigenvalue weighted by Gasteiger charge is -2.27. The molecule has 0 radical (unpaired) electrons. The van der Waals surface area contributed by atoms with E-state index in [1.165, 1.54) is 0 Å². The Kier molecular flexibility index (Phi) is 8.86. The van der Waals surface area contributed by atoms with E-state index in [0.29, 0.717) is 37.4 Å². The van der Waals surface area contributed by atoms with Crippen molar-refractivity contribution in [2.24, 2.45) is 17.8 Å². The lowest BCUT2D eigenvalue weighted by atomic mass is 9.86. The van der Waals surface area contributed by atoms with Crippen molar-refractivity contribution in [1.29, 1.82) is 0 Å². The summed E-state index contributed by atoms with van der Waals surface area (Å²) in [5.41, 5.74) is 0. The Hall–Kier alpha value is -0.130. The first-order valence-electron chi connectivity index (χ1n) is 7.50. The van der Waals surface area contributed by atoms with Crippen molar-refractivity contribution in [2.75, 3.05) is 19.6 Å². The van der Waals surface area contributed by atoms with Crippen molar-refractivity contribution in [3.05, 3.63) is 0 Å². The molecule has 0 atom stereocenters. The molecule has 19 heavy (non-hydrogen) atoms. The maximum Gasteiger partial charge on any atom is 0.279 e. The minimum Gasteiger partial charge on any atom is -0.202 e. The van der Waals surface area contributed by atoms with Gasteiger partial charge < -0.3 is 0 Å². The predicted molar refractivity (Wildman–Crippen MR) is 82.2 cm³/mol. The molecule has 0 saturated heterocycles. The van der Waals surface area contributed by atoms with Crippen LogP contribution in [0, 0.1) is 17.8 Å². The zero-order valence-corrected chi connectivity index (χ0v) is 14.3. The molecule has 0 rings (SSSR count). The van der Waals surface area contributed by atoms with Gasteiger partial charge in [-0.25, -0.2) is 4.72 Å². The van der Waals surface area contributed by atoms with E-state index in [1.54, 1.807) is 4.31 Å². The molecular weight excluding hydrogens is 260 g/mol. The molecule has 0 aromatic carbocycles. The maximum atomic E-state index is 12.3. The van der Waals surface area contributed by atoms with Crippen molar-refractivity contribution in [3.8, 4) is 0 Å².